The van der Waals surface area contributed by atoms with Gasteiger partial charge in [0.15, 0.2) is 5.11 Å². The second kappa shape index (κ2) is 9.68. The molecule has 1 N–H and O–H groups in total. The molecule has 2 unspecified atom stereocenters. The Hall–Kier alpha value is -3.03. The number of hydrogen-bond donors (Lipinski definition) is 1. The third-order valence-corrected chi connectivity index (χ3v) is 7.03. The smallest absolute Gasteiger partial charge is 0.258 e. The zero-order valence-electron chi connectivity index (χ0n) is 19.9. The predicted octanol–water partition coefficient (Wildman–Crippen LogP) is 5.45. The number of allylic oxidation sites excluding steroid dienone is 1. The van der Waals surface area contributed by atoms with Crippen molar-refractivity contribution in [3.63, 3.8) is 0 Å². The molecule has 3 aromatic rings. The Kier molecular flexibility index (Phi) is 6.48. The van der Waals surface area contributed by atoms with Gasteiger partial charge in [-0.1, -0.05) is 66.2 Å². The van der Waals surface area contributed by atoms with Crippen LogP contribution in [-0.2, 0) is 11.2 Å². The molecule has 34 heavy (non-hydrogen) atoms. The maximum absolute atomic E-state index is 5.90. The van der Waals surface area contributed by atoms with Crippen molar-refractivity contribution in [2.45, 2.75) is 52.2 Å². The van der Waals surface area contributed by atoms with E-state index in [1.165, 1.54) is 11.1 Å². The molecule has 0 aliphatic carbocycles. The molecule has 1 fully saturated rings. The van der Waals surface area contributed by atoms with Crippen molar-refractivity contribution in [2.24, 2.45) is 0 Å². The fraction of sp³-hybridized carbons (Fsp3) is 0.370. The Morgan fingerprint density at radius 1 is 1.09 bits per heavy atom. The quantitative estimate of drug-likeness (QED) is 0.477. The minimum atomic E-state index is -0.176. The molecule has 3 heterocycles. The van der Waals surface area contributed by atoms with E-state index < -0.39 is 0 Å². The Morgan fingerprint density at radius 3 is 2.53 bits per heavy atom. The zero-order chi connectivity index (χ0) is 23.7. The van der Waals surface area contributed by atoms with E-state index in [1.54, 1.807) is 0 Å². The highest BCUT2D eigenvalue weighted by Gasteiger charge is 2.35. The maximum Gasteiger partial charge on any atom is 0.258 e. The zero-order valence-corrected chi connectivity index (χ0v) is 20.7. The van der Waals surface area contributed by atoms with Gasteiger partial charge < -0.3 is 19.5 Å². The van der Waals surface area contributed by atoms with E-state index in [2.05, 4.69) is 72.5 Å². The summed E-state index contributed by atoms with van der Waals surface area (Å²) in [5.74, 6) is 1.09. The summed E-state index contributed by atoms with van der Waals surface area (Å²) >= 11 is 5.81. The van der Waals surface area contributed by atoms with E-state index in [-0.39, 0.29) is 12.1 Å². The molecule has 0 saturated carbocycles. The number of rotatable bonds is 6. The number of nitrogens with zero attached hydrogens (tertiary/aromatic N) is 3. The molecular formula is C27H30N4O2S. The van der Waals surface area contributed by atoms with Crippen LogP contribution in [0.2, 0.25) is 0 Å². The second-order valence-corrected chi connectivity index (χ2v) is 9.40. The van der Waals surface area contributed by atoms with Gasteiger partial charge in [-0.2, -0.15) is 4.98 Å². The first-order valence-corrected chi connectivity index (χ1v) is 12.3. The lowest BCUT2D eigenvalue weighted by molar-refractivity contribution is 0.0962. The van der Waals surface area contributed by atoms with Crippen molar-refractivity contribution in [2.75, 3.05) is 13.2 Å². The summed E-state index contributed by atoms with van der Waals surface area (Å²) in [6.45, 7) is 7.83. The number of nitrogens with one attached hydrogen (secondary N) is 1. The highest BCUT2D eigenvalue weighted by molar-refractivity contribution is 7.80. The lowest BCUT2D eigenvalue weighted by Gasteiger charge is -2.38. The summed E-state index contributed by atoms with van der Waals surface area (Å²) in [4.78, 5) is 6.93. The van der Waals surface area contributed by atoms with Crippen LogP contribution >= 0.6 is 12.2 Å². The molecular weight excluding hydrogens is 444 g/mol. The summed E-state index contributed by atoms with van der Waals surface area (Å²) in [6.07, 6.45) is 3.29. The van der Waals surface area contributed by atoms with Crippen LogP contribution in [-0.4, -0.2) is 39.4 Å². The molecule has 0 bridgehead atoms. The topological polar surface area (TPSA) is 63.4 Å². The van der Waals surface area contributed by atoms with Crippen LogP contribution in [0.25, 0.3) is 17.0 Å². The van der Waals surface area contributed by atoms with Gasteiger partial charge in [0.2, 0.25) is 5.82 Å². The molecule has 1 aromatic heterocycles. The Morgan fingerprint density at radius 2 is 1.85 bits per heavy atom. The summed E-state index contributed by atoms with van der Waals surface area (Å²) in [5.41, 5.74) is 6.49. The number of hydrogen-bond acceptors (Lipinski definition) is 5. The second-order valence-electron chi connectivity index (χ2n) is 9.01. The van der Waals surface area contributed by atoms with E-state index in [0.29, 0.717) is 23.4 Å². The van der Waals surface area contributed by atoms with Gasteiger partial charge in [-0.25, -0.2) is 0 Å². The van der Waals surface area contributed by atoms with E-state index >= 15 is 0 Å². The molecule has 2 aliphatic heterocycles. The van der Waals surface area contributed by atoms with Gasteiger partial charge in [0.05, 0.1) is 24.3 Å². The van der Waals surface area contributed by atoms with Gasteiger partial charge in [0.25, 0.3) is 5.89 Å². The number of benzene rings is 2. The molecule has 0 spiro atoms. The third kappa shape index (κ3) is 4.50. The lowest BCUT2D eigenvalue weighted by Crippen LogP contribution is -2.48. The molecule has 0 amide bonds. The van der Waals surface area contributed by atoms with Crippen molar-refractivity contribution in [3.05, 3.63) is 76.8 Å². The SMILES string of the molecule is CCc1ccc(-c2noc(C3=C(C)N(CC4CCCO4)C(=S)NC3c3ccc(C)cc3)n2)cc1. The van der Waals surface area contributed by atoms with Gasteiger partial charge in [-0.3, -0.25) is 0 Å². The molecule has 1 saturated heterocycles. The average Bonchev–Trinajstić information content (AvgIpc) is 3.54. The first kappa shape index (κ1) is 22.7. The average molecular weight is 475 g/mol. The van der Waals surface area contributed by atoms with E-state index in [4.69, 9.17) is 26.5 Å². The molecule has 0 radical (unpaired) electrons. The standard InChI is InChI=1S/C27H30N4O2S/c1-4-19-9-13-21(14-10-19)25-29-26(33-30-25)23-18(3)31(16-22-6-5-15-32-22)27(34)28-24(23)20-11-7-17(2)8-12-20/h7-14,22,24H,4-6,15-16H2,1-3H3,(H,28,34). The van der Waals surface area contributed by atoms with Gasteiger partial charge in [0.1, 0.15) is 0 Å². The molecule has 2 aliphatic rings. The summed E-state index contributed by atoms with van der Waals surface area (Å²) < 4.78 is 11.8. The van der Waals surface area contributed by atoms with Crippen LogP contribution in [0.15, 0.2) is 58.8 Å². The van der Waals surface area contributed by atoms with Crippen LogP contribution in [0.3, 0.4) is 0 Å². The fourth-order valence-electron chi connectivity index (χ4n) is 4.62. The van der Waals surface area contributed by atoms with Gasteiger partial charge >= 0.3 is 0 Å². The Balaban J connectivity index is 1.55. The van der Waals surface area contributed by atoms with Crippen molar-refractivity contribution in [1.82, 2.24) is 20.4 Å². The van der Waals surface area contributed by atoms with Crippen LogP contribution in [0.4, 0.5) is 0 Å². The number of ether oxygens (including phenoxy) is 1. The molecule has 5 rings (SSSR count). The third-order valence-electron chi connectivity index (χ3n) is 6.69. The van der Waals surface area contributed by atoms with E-state index in [1.807, 2.05) is 12.1 Å². The van der Waals surface area contributed by atoms with Crippen LogP contribution in [0.5, 0.6) is 0 Å². The van der Waals surface area contributed by atoms with Crippen molar-refractivity contribution in [1.29, 1.82) is 0 Å². The van der Waals surface area contributed by atoms with E-state index in [0.717, 1.165) is 48.3 Å². The maximum atomic E-state index is 5.90. The molecule has 2 aromatic carbocycles. The van der Waals surface area contributed by atoms with Crippen LogP contribution in [0.1, 0.15) is 55.3 Å². The first-order chi connectivity index (χ1) is 16.5. The van der Waals surface area contributed by atoms with Crippen LogP contribution in [0, 0.1) is 6.92 Å². The Labute approximate surface area is 206 Å². The monoisotopic (exact) mass is 474 g/mol. The minimum Gasteiger partial charge on any atom is -0.376 e. The van der Waals surface area contributed by atoms with Crippen molar-refractivity contribution < 1.29 is 9.26 Å². The van der Waals surface area contributed by atoms with Gasteiger partial charge in [-0.15, -0.1) is 0 Å². The molecule has 7 heteroatoms. The minimum absolute atomic E-state index is 0.169. The highest BCUT2D eigenvalue weighted by Crippen LogP contribution is 2.38. The van der Waals surface area contributed by atoms with Crippen molar-refractivity contribution >= 4 is 22.9 Å². The predicted molar refractivity (Wildman–Crippen MR) is 137 cm³/mol. The summed E-state index contributed by atoms with van der Waals surface area (Å²) in [6, 6.07) is 16.6. The number of aryl methyl sites for hydroxylation is 2. The molecule has 6 nitrogen and oxygen atoms in total. The van der Waals surface area contributed by atoms with Crippen LogP contribution < -0.4 is 5.32 Å². The van der Waals surface area contributed by atoms with Gasteiger partial charge in [0, 0.05) is 17.9 Å². The largest absolute Gasteiger partial charge is 0.376 e. The number of thiocarbonyl (C=S) groups is 1. The van der Waals surface area contributed by atoms with Crippen molar-refractivity contribution in [3.8, 4) is 11.4 Å². The molecule has 176 valence electrons. The van der Waals surface area contributed by atoms with E-state index in [9.17, 15) is 0 Å². The first-order valence-electron chi connectivity index (χ1n) is 11.9. The fourth-order valence-corrected chi connectivity index (χ4v) is 4.95. The normalized spacial score (nSPS) is 20.7. The number of aromatic nitrogens is 2. The Bertz CT molecular complexity index is 1190. The highest BCUT2D eigenvalue weighted by atomic mass is 32.1. The summed E-state index contributed by atoms with van der Waals surface area (Å²) in [5, 5.41) is 8.54. The lowest BCUT2D eigenvalue weighted by atomic mass is 9.94. The molecule has 2 atom stereocenters. The summed E-state index contributed by atoms with van der Waals surface area (Å²) in [7, 11) is 0. The van der Waals surface area contributed by atoms with Gasteiger partial charge in [-0.05, 0) is 56.5 Å².